The summed E-state index contributed by atoms with van der Waals surface area (Å²) in [5.41, 5.74) is -1.46. The zero-order valence-electron chi connectivity index (χ0n) is 16.6. The van der Waals surface area contributed by atoms with Crippen LogP contribution in [0.3, 0.4) is 0 Å². The van der Waals surface area contributed by atoms with Crippen molar-refractivity contribution in [3.05, 3.63) is 28.8 Å². The fourth-order valence-electron chi connectivity index (χ4n) is 3.06. The molecule has 1 aromatic rings. The highest BCUT2D eigenvalue weighted by Gasteiger charge is 2.36. The van der Waals surface area contributed by atoms with Gasteiger partial charge >= 0.3 is 6.18 Å². The highest BCUT2D eigenvalue weighted by molar-refractivity contribution is 7.92. The Kier molecular flexibility index (Phi) is 7.81. The number of carbonyl (C=O) groups is 1. The van der Waals surface area contributed by atoms with Crippen molar-refractivity contribution >= 4 is 33.2 Å². The average Bonchev–Trinajstić information content (AvgIpc) is 2.50. The number of halogens is 4. The summed E-state index contributed by atoms with van der Waals surface area (Å²) >= 11 is 5.61. The molecule has 1 amide bonds. The molecule has 0 saturated carbocycles. The Morgan fingerprint density at radius 2 is 1.61 bits per heavy atom. The third-order valence-electron chi connectivity index (χ3n) is 4.34. The first-order chi connectivity index (χ1) is 12.6. The van der Waals surface area contributed by atoms with E-state index in [0.717, 1.165) is 18.4 Å². The Morgan fingerprint density at radius 3 is 2.00 bits per heavy atom. The van der Waals surface area contributed by atoms with Gasteiger partial charge in [0.05, 0.1) is 22.5 Å². The highest BCUT2D eigenvalue weighted by atomic mass is 35.5. The molecule has 0 unspecified atom stereocenters. The van der Waals surface area contributed by atoms with Crippen LogP contribution in [0.15, 0.2) is 18.2 Å². The zero-order valence-corrected chi connectivity index (χ0v) is 18.2. The van der Waals surface area contributed by atoms with Crippen molar-refractivity contribution in [2.24, 2.45) is 11.8 Å². The minimum Gasteiger partial charge on any atom is -0.351 e. The van der Waals surface area contributed by atoms with E-state index in [0.29, 0.717) is 10.4 Å². The number of carbonyl (C=O) groups excluding carboxylic acids is 1. The van der Waals surface area contributed by atoms with Crippen molar-refractivity contribution in [3.8, 4) is 0 Å². The Labute approximate surface area is 169 Å². The van der Waals surface area contributed by atoms with E-state index < -0.39 is 38.7 Å². The second-order valence-electron chi connectivity index (χ2n) is 7.42. The molecule has 0 aliphatic rings. The van der Waals surface area contributed by atoms with Gasteiger partial charge in [-0.05, 0) is 37.0 Å². The first-order valence-electron chi connectivity index (χ1n) is 8.73. The third kappa shape index (κ3) is 6.01. The molecule has 1 N–H and O–H groups in total. The van der Waals surface area contributed by atoms with Crippen LogP contribution in [0.25, 0.3) is 0 Å². The Hall–Kier alpha value is -1.48. The summed E-state index contributed by atoms with van der Waals surface area (Å²) in [6, 6.07) is 1.28. The summed E-state index contributed by atoms with van der Waals surface area (Å²) in [7, 11) is -4.05. The maximum Gasteiger partial charge on any atom is 0.417 e. The molecule has 0 radical (unpaired) electrons. The van der Waals surface area contributed by atoms with Crippen LogP contribution in [0, 0.1) is 11.8 Å². The van der Waals surface area contributed by atoms with Gasteiger partial charge in [0.25, 0.3) is 0 Å². The monoisotopic (exact) mass is 442 g/mol. The number of nitrogens with one attached hydrogen (secondary N) is 1. The summed E-state index contributed by atoms with van der Waals surface area (Å²) < 4.78 is 64.8. The molecule has 0 aliphatic heterocycles. The quantitative estimate of drug-likeness (QED) is 0.684. The minimum atomic E-state index is -4.76. The lowest BCUT2D eigenvalue weighted by molar-refractivity contribution is -0.137. The molecule has 0 bridgehead atoms. The number of rotatable bonds is 7. The van der Waals surface area contributed by atoms with Crippen LogP contribution in [-0.4, -0.2) is 32.7 Å². The topological polar surface area (TPSA) is 66.5 Å². The predicted molar refractivity (Wildman–Crippen MR) is 105 cm³/mol. The number of nitrogens with zero attached hydrogens (tertiary/aromatic N) is 1. The summed E-state index contributed by atoms with van der Waals surface area (Å²) in [5, 5.41) is 2.25. The van der Waals surface area contributed by atoms with Crippen molar-refractivity contribution in [2.75, 3.05) is 10.6 Å². The SMILES string of the molecule is CC(C)C(NC(=O)[C@@H](C)N(c1ccc(Cl)c(C(F)(F)F)c1)S(C)(=O)=O)C(C)C. The molecule has 10 heteroatoms. The molecular formula is C18H26ClF3N2O3S. The third-order valence-corrected chi connectivity index (χ3v) is 5.91. The fraction of sp³-hybridized carbons (Fsp3) is 0.611. The standard InChI is InChI=1S/C18H26ClF3N2O3S/c1-10(2)16(11(3)4)23-17(25)12(5)24(28(6,26)27)13-7-8-15(19)14(9-13)18(20,21)22/h7-12,16H,1-6H3,(H,23,25)/t12-/m1/s1. The molecule has 0 heterocycles. The number of sulfonamides is 1. The summed E-state index contributed by atoms with van der Waals surface area (Å²) in [6.45, 7) is 8.99. The largest absolute Gasteiger partial charge is 0.417 e. The number of amides is 1. The van der Waals surface area contributed by atoms with Crippen LogP contribution in [0.1, 0.15) is 40.2 Å². The number of hydrogen-bond donors (Lipinski definition) is 1. The Morgan fingerprint density at radius 1 is 1.11 bits per heavy atom. The number of anilines is 1. The molecule has 0 spiro atoms. The molecular weight excluding hydrogens is 417 g/mol. The van der Waals surface area contributed by atoms with E-state index in [1.54, 1.807) is 0 Å². The van der Waals surface area contributed by atoms with Crippen molar-refractivity contribution < 1.29 is 26.4 Å². The van der Waals surface area contributed by atoms with Crippen LogP contribution in [0.4, 0.5) is 18.9 Å². The molecule has 0 aliphatic carbocycles. The Balaban J connectivity index is 3.36. The number of hydrogen-bond acceptors (Lipinski definition) is 3. The van der Waals surface area contributed by atoms with E-state index in [1.165, 1.54) is 6.92 Å². The van der Waals surface area contributed by atoms with Crippen LogP contribution >= 0.6 is 11.6 Å². The van der Waals surface area contributed by atoms with Gasteiger partial charge in [-0.25, -0.2) is 8.42 Å². The number of alkyl halides is 3. The van der Waals surface area contributed by atoms with E-state index in [1.807, 2.05) is 27.7 Å². The molecule has 1 aromatic carbocycles. The van der Waals surface area contributed by atoms with Crippen molar-refractivity contribution in [3.63, 3.8) is 0 Å². The van der Waals surface area contributed by atoms with Gasteiger partial charge in [-0.3, -0.25) is 9.10 Å². The van der Waals surface area contributed by atoms with E-state index in [2.05, 4.69) is 5.32 Å². The van der Waals surface area contributed by atoms with Crippen LogP contribution in [-0.2, 0) is 21.0 Å². The lowest BCUT2D eigenvalue weighted by Crippen LogP contribution is -2.52. The van der Waals surface area contributed by atoms with Gasteiger partial charge in [-0.2, -0.15) is 13.2 Å². The van der Waals surface area contributed by atoms with E-state index >= 15 is 0 Å². The van der Waals surface area contributed by atoms with Gasteiger partial charge in [0.2, 0.25) is 15.9 Å². The normalized spacial score (nSPS) is 13.9. The van der Waals surface area contributed by atoms with Crippen molar-refractivity contribution in [1.29, 1.82) is 0 Å². The molecule has 0 saturated heterocycles. The van der Waals surface area contributed by atoms with E-state index in [4.69, 9.17) is 11.6 Å². The van der Waals surface area contributed by atoms with Gasteiger partial charge in [0.15, 0.2) is 0 Å². The molecule has 1 atom stereocenters. The second kappa shape index (κ2) is 8.90. The highest BCUT2D eigenvalue weighted by Crippen LogP contribution is 2.37. The molecule has 0 fully saturated rings. The maximum absolute atomic E-state index is 13.2. The maximum atomic E-state index is 13.2. The average molecular weight is 443 g/mol. The smallest absolute Gasteiger partial charge is 0.351 e. The summed E-state index contributed by atoms with van der Waals surface area (Å²) in [6.07, 6.45) is -3.93. The van der Waals surface area contributed by atoms with Gasteiger partial charge in [-0.15, -0.1) is 0 Å². The van der Waals surface area contributed by atoms with Crippen molar-refractivity contribution in [1.82, 2.24) is 5.32 Å². The predicted octanol–water partition coefficient (Wildman–Crippen LogP) is 4.31. The fourth-order valence-corrected chi connectivity index (χ4v) is 4.46. The second-order valence-corrected chi connectivity index (χ2v) is 9.69. The molecule has 1 rings (SSSR count). The lowest BCUT2D eigenvalue weighted by Gasteiger charge is -2.32. The van der Waals surface area contributed by atoms with Gasteiger partial charge < -0.3 is 5.32 Å². The minimum absolute atomic E-state index is 0.0928. The van der Waals surface area contributed by atoms with Crippen LogP contribution in [0.2, 0.25) is 5.02 Å². The first kappa shape index (κ1) is 24.6. The zero-order chi connectivity index (χ0) is 22.0. The molecule has 160 valence electrons. The van der Waals surface area contributed by atoms with E-state index in [9.17, 15) is 26.4 Å². The Bertz CT molecular complexity index is 803. The van der Waals surface area contributed by atoms with Gasteiger partial charge in [0, 0.05) is 6.04 Å². The number of benzene rings is 1. The van der Waals surface area contributed by atoms with Crippen LogP contribution in [0.5, 0.6) is 0 Å². The first-order valence-corrected chi connectivity index (χ1v) is 11.0. The van der Waals surface area contributed by atoms with Crippen molar-refractivity contribution in [2.45, 2.75) is 52.9 Å². The summed E-state index contributed by atoms with van der Waals surface area (Å²) in [4.78, 5) is 12.7. The van der Waals surface area contributed by atoms with Gasteiger partial charge in [0.1, 0.15) is 6.04 Å². The molecule has 28 heavy (non-hydrogen) atoms. The van der Waals surface area contributed by atoms with Gasteiger partial charge in [-0.1, -0.05) is 39.3 Å². The van der Waals surface area contributed by atoms with E-state index in [-0.39, 0.29) is 23.6 Å². The molecule has 5 nitrogen and oxygen atoms in total. The lowest BCUT2D eigenvalue weighted by atomic mass is 9.93. The van der Waals surface area contributed by atoms with Crippen LogP contribution < -0.4 is 9.62 Å². The molecule has 0 aromatic heterocycles. The summed E-state index contributed by atoms with van der Waals surface area (Å²) in [5.74, 6) is -0.410.